The second-order valence-electron chi connectivity index (χ2n) is 6.62. The molecule has 2 unspecified atom stereocenters. The van der Waals surface area contributed by atoms with E-state index in [0.717, 1.165) is 0 Å². The third kappa shape index (κ3) is 1.47. The van der Waals surface area contributed by atoms with Crippen LogP contribution in [0.3, 0.4) is 0 Å². The summed E-state index contributed by atoms with van der Waals surface area (Å²) in [6.45, 7) is 5.68. The highest BCUT2D eigenvalue weighted by atomic mass is 16.2. The van der Waals surface area contributed by atoms with Gasteiger partial charge >= 0.3 is 0 Å². The molecule has 20 heavy (non-hydrogen) atoms. The molecule has 0 aliphatic heterocycles. The maximum atomic E-state index is 12.9. The lowest BCUT2D eigenvalue weighted by molar-refractivity contribution is -0.146. The van der Waals surface area contributed by atoms with Crippen molar-refractivity contribution in [1.82, 2.24) is 4.90 Å². The van der Waals surface area contributed by atoms with E-state index in [0.29, 0.717) is 12.8 Å². The van der Waals surface area contributed by atoms with E-state index in [9.17, 15) is 9.59 Å². The minimum atomic E-state index is -0.744. The van der Waals surface area contributed by atoms with Gasteiger partial charge in [0.2, 0.25) is 5.91 Å². The highest BCUT2D eigenvalue weighted by molar-refractivity contribution is 5.99. The molecule has 0 heterocycles. The van der Waals surface area contributed by atoms with Gasteiger partial charge in [-0.1, -0.05) is 20.8 Å². The van der Waals surface area contributed by atoms with Crippen molar-refractivity contribution < 1.29 is 9.59 Å². The molecule has 2 fully saturated rings. The molecule has 2 atom stereocenters. The molecular formula is C15H19N3O2. The Kier molecular flexibility index (Phi) is 3.13. The van der Waals surface area contributed by atoms with E-state index in [-0.39, 0.29) is 31.2 Å². The summed E-state index contributed by atoms with van der Waals surface area (Å²) in [7, 11) is 0. The van der Waals surface area contributed by atoms with E-state index in [1.54, 1.807) is 0 Å². The first-order chi connectivity index (χ1) is 9.27. The zero-order valence-electron chi connectivity index (χ0n) is 12.2. The highest BCUT2D eigenvalue weighted by Gasteiger charge is 2.72. The number of nitriles is 2. The van der Waals surface area contributed by atoms with E-state index in [2.05, 4.69) is 0 Å². The molecule has 5 nitrogen and oxygen atoms in total. The average Bonchev–Trinajstić information content (AvgIpc) is 2.68. The summed E-state index contributed by atoms with van der Waals surface area (Å²) >= 11 is 0. The molecule has 0 saturated heterocycles. The number of Topliss-reactive ketones (excluding diaryl/α,β-unsaturated/α-hetero) is 1. The lowest BCUT2D eigenvalue weighted by atomic mass is 9.64. The van der Waals surface area contributed by atoms with Crippen LogP contribution < -0.4 is 0 Å². The Balaban J connectivity index is 2.42. The Morgan fingerprint density at radius 3 is 2.10 bits per heavy atom. The Morgan fingerprint density at radius 2 is 1.75 bits per heavy atom. The van der Waals surface area contributed by atoms with Gasteiger partial charge in [0, 0.05) is 11.8 Å². The van der Waals surface area contributed by atoms with Gasteiger partial charge in [-0.3, -0.25) is 9.59 Å². The molecule has 106 valence electrons. The number of carbonyl (C=O) groups excluding carboxylic acids is 2. The first kappa shape index (κ1) is 14.5. The van der Waals surface area contributed by atoms with Crippen LogP contribution in [0.1, 0.15) is 40.0 Å². The lowest BCUT2D eigenvalue weighted by Gasteiger charge is -2.40. The lowest BCUT2D eigenvalue weighted by Crippen LogP contribution is -2.49. The topological polar surface area (TPSA) is 85.0 Å². The number of nitrogens with zero attached hydrogens (tertiary/aromatic N) is 3. The van der Waals surface area contributed by atoms with Gasteiger partial charge in [-0.15, -0.1) is 0 Å². The minimum Gasteiger partial charge on any atom is -0.316 e. The monoisotopic (exact) mass is 273 g/mol. The van der Waals surface area contributed by atoms with E-state index in [4.69, 9.17) is 10.5 Å². The molecule has 2 aliphatic carbocycles. The molecule has 2 saturated carbocycles. The molecule has 0 spiro atoms. The van der Waals surface area contributed by atoms with Crippen molar-refractivity contribution in [2.24, 2.45) is 16.2 Å². The van der Waals surface area contributed by atoms with Gasteiger partial charge in [0.25, 0.3) is 0 Å². The molecule has 5 heteroatoms. The molecule has 0 radical (unpaired) electrons. The number of fused-ring (bicyclic) bond motifs is 2. The number of rotatable bonds is 3. The Bertz CT molecular complexity index is 538. The van der Waals surface area contributed by atoms with Crippen LogP contribution >= 0.6 is 0 Å². The van der Waals surface area contributed by atoms with Gasteiger partial charge in [-0.05, 0) is 18.3 Å². The van der Waals surface area contributed by atoms with Crippen LogP contribution in [-0.2, 0) is 9.59 Å². The molecule has 2 aliphatic rings. The van der Waals surface area contributed by atoms with E-state index in [1.807, 2.05) is 32.9 Å². The molecule has 1 amide bonds. The molecule has 0 aromatic rings. The van der Waals surface area contributed by atoms with Crippen LogP contribution in [0.5, 0.6) is 0 Å². The van der Waals surface area contributed by atoms with Crippen LogP contribution in [0.25, 0.3) is 0 Å². The molecule has 0 N–H and O–H groups in total. The van der Waals surface area contributed by atoms with Crippen molar-refractivity contribution in [3.8, 4) is 12.1 Å². The van der Waals surface area contributed by atoms with Crippen LogP contribution in [0.2, 0.25) is 0 Å². The normalized spacial score (nSPS) is 33.5. The van der Waals surface area contributed by atoms with Crippen molar-refractivity contribution in [2.45, 2.75) is 40.0 Å². The number of hydrogen-bond acceptors (Lipinski definition) is 4. The van der Waals surface area contributed by atoms with Gasteiger partial charge in [0.05, 0.1) is 17.6 Å². The van der Waals surface area contributed by atoms with E-state index < -0.39 is 16.2 Å². The predicted octanol–water partition coefficient (Wildman–Crippen LogP) is 1.65. The standard InChI is InChI=1S/C15H19N3O2/c1-13(2)14(3)4-5-15(13,10-11(14)19)12(20)18(8-6-16)9-7-17/h4-5,8-10H2,1-3H3. The van der Waals surface area contributed by atoms with Gasteiger partial charge < -0.3 is 4.90 Å². The fourth-order valence-corrected chi connectivity index (χ4v) is 4.01. The number of carbonyl (C=O) groups is 2. The largest absolute Gasteiger partial charge is 0.316 e. The summed E-state index contributed by atoms with van der Waals surface area (Å²) in [6, 6.07) is 3.86. The van der Waals surface area contributed by atoms with Crippen LogP contribution in [0.4, 0.5) is 0 Å². The molecule has 2 rings (SSSR count). The second-order valence-corrected chi connectivity index (χ2v) is 6.62. The van der Waals surface area contributed by atoms with Gasteiger partial charge in [0.15, 0.2) is 0 Å². The van der Waals surface area contributed by atoms with Gasteiger partial charge in [0.1, 0.15) is 18.9 Å². The zero-order valence-corrected chi connectivity index (χ0v) is 12.2. The van der Waals surface area contributed by atoms with E-state index >= 15 is 0 Å². The summed E-state index contributed by atoms with van der Waals surface area (Å²) < 4.78 is 0. The SMILES string of the molecule is CC12CCC(C(=O)N(CC#N)CC#N)(CC1=O)C2(C)C. The Morgan fingerprint density at radius 1 is 1.20 bits per heavy atom. The van der Waals surface area contributed by atoms with Crippen molar-refractivity contribution in [2.75, 3.05) is 13.1 Å². The fraction of sp³-hybridized carbons (Fsp3) is 0.733. The molecule has 0 aromatic carbocycles. The predicted molar refractivity (Wildman–Crippen MR) is 71.0 cm³/mol. The molecule has 2 bridgehead atoms. The first-order valence-electron chi connectivity index (χ1n) is 6.83. The summed E-state index contributed by atoms with van der Waals surface area (Å²) in [6.07, 6.45) is 1.61. The molecular weight excluding hydrogens is 254 g/mol. The first-order valence-corrected chi connectivity index (χ1v) is 6.83. The minimum absolute atomic E-state index is 0.102. The van der Waals surface area contributed by atoms with Crippen molar-refractivity contribution in [1.29, 1.82) is 10.5 Å². The average molecular weight is 273 g/mol. The number of amides is 1. The van der Waals surface area contributed by atoms with Crippen molar-refractivity contribution in [3.05, 3.63) is 0 Å². The third-order valence-electron chi connectivity index (χ3n) is 5.93. The highest BCUT2D eigenvalue weighted by Crippen LogP contribution is 2.70. The summed E-state index contributed by atoms with van der Waals surface area (Å²) in [5.41, 5.74) is -1.64. The van der Waals surface area contributed by atoms with E-state index in [1.165, 1.54) is 4.90 Å². The zero-order chi connectivity index (χ0) is 15.2. The van der Waals surface area contributed by atoms with Gasteiger partial charge in [-0.25, -0.2) is 0 Å². The van der Waals surface area contributed by atoms with Crippen LogP contribution in [0, 0.1) is 38.9 Å². The summed E-state index contributed by atoms with van der Waals surface area (Å²) in [5.74, 6) is -0.0730. The summed E-state index contributed by atoms with van der Waals surface area (Å²) in [4.78, 5) is 26.5. The number of ketones is 1. The maximum Gasteiger partial charge on any atom is 0.231 e. The van der Waals surface area contributed by atoms with Crippen LogP contribution in [0.15, 0.2) is 0 Å². The fourth-order valence-electron chi connectivity index (χ4n) is 4.01. The smallest absolute Gasteiger partial charge is 0.231 e. The third-order valence-corrected chi connectivity index (χ3v) is 5.93. The van der Waals surface area contributed by atoms with Crippen molar-refractivity contribution in [3.63, 3.8) is 0 Å². The Labute approximate surface area is 119 Å². The quantitative estimate of drug-likeness (QED) is 0.732. The second kappa shape index (κ2) is 4.31. The van der Waals surface area contributed by atoms with Gasteiger partial charge in [-0.2, -0.15) is 10.5 Å². The van der Waals surface area contributed by atoms with Crippen molar-refractivity contribution >= 4 is 11.7 Å². The Hall–Kier alpha value is -1.88. The molecule has 0 aromatic heterocycles. The maximum absolute atomic E-state index is 12.9. The summed E-state index contributed by atoms with van der Waals surface area (Å²) in [5, 5.41) is 17.7. The van der Waals surface area contributed by atoms with Crippen LogP contribution in [-0.4, -0.2) is 29.7 Å². The number of hydrogen-bond donors (Lipinski definition) is 0.